The zero-order valence-electron chi connectivity index (χ0n) is 8.72. The van der Waals surface area contributed by atoms with Gasteiger partial charge in [0.05, 0.1) is 6.54 Å². The fourth-order valence-electron chi connectivity index (χ4n) is 1.80. The van der Waals surface area contributed by atoms with Gasteiger partial charge in [-0.2, -0.15) is 0 Å². The van der Waals surface area contributed by atoms with Crippen LogP contribution in [-0.2, 0) is 4.79 Å². The maximum atomic E-state index is 11.7. The molecule has 1 aromatic carbocycles. The van der Waals surface area contributed by atoms with Gasteiger partial charge in [-0.3, -0.25) is 4.79 Å². The molecule has 2 rings (SSSR count). The summed E-state index contributed by atoms with van der Waals surface area (Å²) in [6.45, 7) is 6.46. The lowest BCUT2D eigenvalue weighted by Gasteiger charge is -2.35. The number of para-hydroxylation sites is 1. The van der Waals surface area contributed by atoms with Crippen LogP contribution < -0.4 is 4.90 Å². The van der Waals surface area contributed by atoms with E-state index in [0.29, 0.717) is 13.1 Å². The molecule has 1 aliphatic heterocycles. The van der Waals surface area contributed by atoms with Gasteiger partial charge in [0.25, 0.3) is 0 Å². The molecular formula is C12H15N2O. The number of piperazine rings is 1. The maximum Gasteiger partial charge on any atom is 0.242 e. The minimum absolute atomic E-state index is 0.167. The first-order chi connectivity index (χ1) is 7.31. The second-order valence-electron chi connectivity index (χ2n) is 3.64. The van der Waals surface area contributed by atoms with Gasteiger partial charge in [0.15, 0.2) is 0 Å². The molecule has 0 aliphatic carbocycles. The minimum atomic E-state index is 0.167. The highest BCUT2D eigenvalue weighted by molar-refractivity contribution is 5.82. The Hall–Kier alpha value is -1.51. The summed E-state index contributed by atoms with van der Waals surface area (Å²) in [6.07, 6.45) is 0. The molecule has 1 aromatic rings. The van der Waals surface area contributed by atoms with E-state index in [-0.39, 0.29) is 5.91 Å². The number of benzene rings is 1. The molecule has 1 radical (unpaired) electrons. The average molecular weight is 203 g/mol. The summed E-state index contributed by atoms with van der Waals surface area (Å²) in [6, 6.07) is 10.0. The van der Waals surface area contributed by atoms with E-state index in [2.05, 4.69) is 11.8 Å². The number of hydrogen-bond donors (Lipinski definition) is 0. The van der Waals surface area contributed by atoms with Gasteiger partial charge in [0.1, 0.15) is 0 Å². The van der Waals surface area contributed by atoms with Gasteiger partial charge in [-0.1, -0.05) is 18.2 Å². The number of amides is 1. The van der Waals surface area contributed by atoms with Crippen molar-refractivity contribution in [3.8, 4) is 0 Å². The van der Waals surface area contributed by atoms with Crippen molar-refractivity contribution in [3.05, 3.63) is 37.3 Å². The molecule has 0 unspecified atom stereocenters. The molecule has 0 spiro atoms. The van der Waals surface area contributed by atoms with Crippen LogP contribution in [0.4, 0.5) is 5.69 Å². The van der Waals surface area contributed by atoms with Crippen LogP contribution in [0.3, 0.4) is 0 Å². The number of carbonyl (C=O) groups excluding carboxylic acids is 1. The first kappa shape index (κ1) is 10.0. The van der Waals surface area contributed by atoms with E-state index in [0.717, 1.165) is 18.8 Å². The lowest BCUT2D eigenvalue weighted by atomic mass is 10.2. The Morgan fingerprint density at radius 3 is 2.53 bits per heavy atom. The summed E-state index contributed by atoms with van der Waals surface area (Å²) in [5, 5.41) is 0. The van der Waals surface area contributed by atoms with Crippen LogP contribution in [0.5, 0.6) is 0 Å². The van der Waals surface area contributed by atoms with Gasteiger partial charge in [0, 0.05) is 25.3 Å². The third kappa shape index (κ3) is 2.12. The second-order valence-corrected chi connectivity index (χ2v) is 3.64. The van der Waals surface area contributed by atoms with Gasteiger partial charge >= 0.3 is 0 Å². The lowest BCUT2D eigenvalue weighted by molar-refractivity contribution is -0.130. The molecular weight excluding hydrogens is 188 g/mol. The number of anilines is 1. The normalized spacial score (nSPS) is 17.0. The summed E-state index contributed by atoms with van der Waals surface area (Å²) in [4.78, 5) is 15.6. The summed E-state index contributed by atoms with van der Waals surface area (Å²) in [5.41, 5.74) is 1.12. The molecule has 0 aromatic heterocycles. The standard InChI is InChI=1S/C12H15N2O/c1-2-13-8-9-14(10-12(13)15)11-6-4-3-5-7-11/h3-7H,1-2,8-10H2. The van der Waals surface area contributed by atoms with Crippen LogP contribution >= 0.6 is 0 Å². The smallest absolute Gasteiger partial charge is 0.242 e. The first-order valence-corrected chi connectivity index (χ1v) is 5.18. The van der Waals surface area contributed by atoms with E-state index >= 15 is 0 Å². The van der Waals surface area contributed by atoms with Crippen LogP contribution in [-0.4, -0.2) is 37.0 Å². The molecule has 1 fully saturated rings. The highest BCUT2D eigenvalue weighted by atomic mass is 16.2. The van der Waals surface area contributed by atoms with Crippen molar-refractivity contribution in [2.24, 2.45) is 0 Å². The van der Waals surface area contributed by atoms with Crippen molar-refractivity contribution in [1.29, 1.82) is 0 Å². The largest absolute Gasteiger partial charge is 0.360 e. The van der Waals surface area contributed by atoms with Gasteiger partial charge in [-0.05, 0) is 19.1 Å². The molecule has 1 heterocycles. The van der Waals surface area contributed by atoms with Crippen LogP contribution in [0.2, 0.25) is 0 Å². The van der Waals surface area contributed by atoms with Gasteiger partial charge in [-0.25, -0.2) is 0 Å². The number of carbonyl (C=O) groups is 1. The Balaban J connectivity index is 2.06. The Morgan fingerprint density at radius 1 is 1.20 bits per heavy atom. The fraction of sp³-hybridized carbons (Fsp3) is 0.333. The first-order valence-electron chi connectivity index (χ1n) is 5.18. The highest BCUT2D eigenvalue weighted by Crippen LogP contribution is 2.15. The molecule has 1 amide bonds. The zero-order chi connectivity index (χ0) is 10.7. The lowest BCUT2D eigenvalue weighted by Crippen LogP contribution is -2.50. The SMILES string of the molecule is [CH2]CN1CCN(c2ccccc2)CC1=O. The van der Waals surface area contributed by atoms with E-state index in [9.17, 15) is 4.79 Å². The Bertz CT molecular complexity index is 337. The van der Waals surface area contributed by atoms with E-state index in [1.54, 1.807) is 4.90 Å². The van der Waals surface area contributed by atoms with Crippen LogP contribution in [0, 0.1) is 6.92 Å². The van der Waals surface area contributed by atoms with Crippen LogP contribution in [0.1, 0.15) is 0 Å². The Morgan fingerprint density at radius 2 is 1.93 bits per heavy atom. The third-order valence-corrected chi connectivity index (χ3v) is 2.71. The molecule has 79 valence electrons. The van der Waals surface area contributed by atoms with Crippen LogP contribution in [0.15, 0.2) is 30.3 Å². The van der Waals surface area contributed by atoms with Crippen molar-refractivity contribution in [1.82, 2.24) is 4.90 Å². The molecule has 3 nitrogen and oxygen atoms in total. The van der Waals surface area contributed by atoms with Crippen LogP contribution in [0.25, 0.3) is 0 Å². The van der Waals surface area contributed by atoms with Crippen molar-refractivity contribution in [3.63, 3.8) is 0 Å². The Kier molecular flexibility index (Phi) is 2.90. The topological polar surface area (TPSA) is 23.6 Å². The minimum Gasteiger partial charge on any atom is -0.360 e. The molecule has 0 bridgehead atoms. The predicted molar refractivity (Wildman–Crippen MR) is 60.6 cm³/mol. The van der Waals surface area contributed by atoms with E-state index < -0.39 is 0 Å². The van der Waals surface area contributed by atoms with E-state index in [1.165, 1.54) is 0 Å². The maximum absolute atomic E-state index is 11.7. The fourth-order valence-corrected chi connectivity index (χ4v) is 1.80. The third-order valence-electron chi connectivity index (χ3n) is 2.71. The summed E-state index contributed by atoms with van der Waals surface area (Å²) in [7, 11) is 0. The van der Waals surface area contributed by atoms with Crippen molar-refractivity contribution >= 4 is 11.6 Å². The molecule has 3 heteroatoms. The van der Waals surface area contributed by atoms with Crippen molar-refractivity contribution in [2.75, 3.05) is 31.1 Å². The zero-order valence-corrected chi connectivity index (χ0v) is 8.72. The van der Waals surface area contributed by atoms with Crippen molar-refractivity contribution < 1.29 is 4.79 Å². The van der Waals surface area contributed by atoms with E-state index in [4.69, 9.17) is 0 Å². The molecule has 1 aliphatic rings. The second kappa shape index (κ2) is 4.34. The molecule has 0 atom stereocenters. The van der Waals surface area contributed by atoms with Crippen molar-refractivity contribution in [2.45, 2.75) is 0 Å². The summed E-state index contributed by atoms with van der Waals surface area (Å²) < 4.78 is 0. The summed E-state index contributed by atoms with van der Waals surface area (Å²) >= 11 is 0. The number of rotatable bonds is 2. The quantitative estimate of drug-likeness (QED) is 0.720. The van der Waals surface area contributed by atoms with E-state index in [1.807, 2.05) is 30.3 Å². The van der Waals surface area contributed by atoms with Gasteiger partial charge in [-0.15, -0.1) is 0 Å². The number of nitrogens with zero attached hydrogens (tertiary/aromatic N) is 2. The molecule has 0 saturated carbocycles. The van der Waals surface area contributed by atoms with Gasteiger partial charge < -0.3 is 9.80 Å². The highest BCUT2D eigenvalue weighted by Gasteiger charge is 2.22. The monoisotopic (exact) mass is 203 g/mol. The number of hydrogen-bond acceptors (Lipinski definition) is 2. The molecule has 15 heavy (non-hydrogen) atoms. The average Bonchev–Trinajstić information content (AvgIpc) is 2.30. The Labute approximate surface area is 90.3 Å². The van der Waals surface area contributed by atoms with Gasteiger partial charge in [0.2, 0.25) is 5.91 Å². The molecule has 0 N–H and O–H groups in total. The predicted octanol–water partition coefficient (Wildman–Crippen LogP) is 1.17. The molecule has 1 saturated heterocycles. The summed E-state index contributed by atoms with van der Waals surface area (Å²) in [5.74, 6) is 0.167.